The van der Waals surface area contributed by atoms with Crippen LogP contribution in [0.5, 0.6) is 0 Å². The lowest BCUT2D eigenvalue weighted by Crippen LogP contribution is -2.27. The summed E-state index contributed by atoms with van der Waals surface area (Å²) in [5.74, 6) is 1.28. The third kappa shape index (κ3) is 4.72. The Kier molecular flexibility index (Phi) is 7.38. The van der Waals surface area contributed by atoms with E-state index in [0.29, 0.717) is 11.3 Å². The van der Waals surface area contributed by atoms with Crippen LogP contribution in [0.3, 0.4) is 0 Å². The molecule has 1 aromatic rings. The highest BCUT2D eigenvalue weighted by Gasteiger charge is 2.19. The average Bonchev–Trinajstić information content (AvgIpc) is 2.39. The Morgan fingerprint density at radius 2 is 1.88 bits per heavy atom. The predicted octanol–water partition coefficient (Wildman–Crippen LogP) is 4.26. The maximum absolute atomic E-state index is 3.48. The maximum atomic E-state index is 3.48. The fraction of sp³-hybridized carbons (Fsp3) is 0.600. The molecule has 1 nitrogen and oxygen atoms in total. The molecule has 0 spiro atoms. The van der Waals surface area contributed by atoms with Crippen molar-refractivity contribution in [2.75, 3.05) is 12.8 Å². The minimum absolute atomic E-state index is 0.475. The van der Waals surface area contributed by atoms with Gasteiger partial charge in [0.05, 0.1) is 0 Å². The normalized spacial score (nSPS) is 14.5. The monoisotopic (exact) mass is 251 g/mol. The van der Waals surface area contributed by atoms with Crippen molar-refractivity contribution in [1.82, 2.24) is 5.32 Å². The number of rotatable bonds is 8. The molecular formula is C15H25NS. The van der Waals surface area contributed by atoms with Gasteiger partial charge in [-0.2, -0.15) is 11.8 Å². The molecule has 0 bridgehead atoms. The first-order chi connectivity index (χ1) is 8.33. The summed E-state index contributed by atoms with van der Waals surface area (Å²) in [6, 6.07) is 11.3. The largest absolute Gasteiger partial charge is 0.312 e. The van der Waals surface area contributed by atoms with E-state index in [4.69, 9.17) is 0 Å². The number of thioether (sulfide) groups is 1. The van der Waals surface area contributed by atoms with Crippen molar-refractivity contribution < 1.29 is 0 Å². The lowest BCUT2D eigenvalue weighted by molar-refractivity contribution is 0.555. The van der Waals surface area contributed by atoms with Crippen LogP contribution in [0.15, 0.2) is 30.3 Å². The number of hydrogen-bond acceptors (Lipinski definition) is 2. The van der Waals surface area contributed by atoms with E-state index in [9.17, 15) is 0 Å². The highest BCUT2D eigenvalue weighted by Crippen LogP contribution is 2.29. The van der Waals surface area contributed by atoms with Crippen LogP contribution in [0.4, 0.5) is 0 Å². The fourth-order valence-corrected chi connectivity index (χ4v) is 3.54. The third-order valence-electron chi connectivity index (χ3n) is 3.07. The smallest absolute Gasteiger partial charge is 0.0438 e. The van der Waals surface area contributed by atoms with Crippen LogP contribution in [0.2, 0.25) is 0 Å². The van der Waals surface area contributed by atoms with E-state index in [2.05, 4.69) is 68.3 Å². The third-order valence-corrected chi connectivity index (χ3v) is 4.63. The van der Waals surface area contributed by atoms with Crippen LogP contribution < -0.4 is 5.32 Å². The average molecular weight is 251 g/mol. The van der Waals surface area contributed by atoms with E-state index in [1.54, 1.807) is 0 Å². The molecule has 96 valence electrons. The van der Waals surface area contributed by atoms with E-state index in [1.807, 2.05) is 0 Å². The molecule has 1 rings (SSSR count). The summed E-state index contributed by atoms with van der Waals surface area (Å²) in [6.07, 6.45) is 3.83. The van der Waals surface area contributed by atoms with E-state index in [-0.39, 0.29) is 0 Å². The van der Waals surface area contributed by atoms with Crippen LogP contribution >= 0.6 is 11.8 Å². The minimum atomic E-state index is 0.475. The standard InChI is InChI=1S/C15H25NS/c1-4-6-12-17-14(5-2)15(16-3)13-10-8-7-9-11-13/h7-11,14-16H,4-6,12H2,1-3H3. The second-order valence-corrected chi connectivity index (χ2v) is 5.70. The number of hydrogen-bond donors (Lipinski definition) is 1. The van der Waals surface area contributed by atoms with Gasteiger partial charge in [0.15, 0.2) is 0 Å². The van der Waals surface area contributed by atoms with E-state index in [0.717, 1.165) is 0 Å². The molecule has 0 aliphatic heterocycles. The summed E-state index contributed by atoms with van der Waals surface area (Å²) in [5, 5.41) is 4.15. The molecule has 2 heteroatoms. The van der Waals surface area contributed by atoms with Crippen molar-refractivity contribution in [2.24, 2.45) is 0 Å². The van der Waals surface area contributed by atoms with Crippen molar-refractivity contribution in [3.8, 4) is 0 Å². The molecule has 1 aromatic carbocycles. The summed E-state index contributed by atoms with van der Waals surface area (Å²) in [6.45, 7) is 4.55. The van der Waals surface area contributed by atoms with Gasteiger partial charge in [0.25, 0.3) is 0 Å². The molecule has 0 aromatic heterocycles. The topological polar surface area (TPSA) is 12.0 Å². The molecule has 0 aliphatic rings. The van der Waals surface area contributed by atoms with Crippen molar-refractivity contribution in [3.05, 3.63) is 35.9 Å². The van der Waals surface area contributed by atoms with Crippen molar-refractivity contribution in [2.45, 2.75) is 44.4 Å². The van der Waals surface area contributed by atoms with Gasteiger partial charge in [-0.25, -0.2) is 0 Å². The van der Waals surface area contributed by atoms with Crippen LogP contribution in [0.25, 0.3) is 0 Å². The van der Waals surface area contributed by atoms with E-state index < -0.39 is 0 Å². The van der Waals surface area contributed by atoms with Gasteiger partial charge in [-0.05, 0) is 31.2 Å². The Hall–Kier alpha value is -0.470. The molecule has 0 radical (unpaired) electrons. The summed E-state index contributed by atoms with van der Waals surface area (Å²) < 4.78 is 0. The summed E-state index contributed by atoms with van der Waals surface area (Å²) in [5.41, 5.74) is 1.41. The number of unbranched alkanes of at least 4 members (excludes halogenated alkanes) is 1. The number of benzene rings is 1. The molecule has 0 aliphatic carbocycles. The van der Waals surface area contributed by atoms with Gasteiger partial charge in [-0.3, -0.25) is 0 Å². The van der Waals surface area contributed by atoms with Crippen LogP contribution in [-0.4, -0.2) is 18.1 Å². The Morgan fingerprint density at radius 3 is 2.41 bits per heavy atom. The Bertz CT molecular complexity index is 286. The molecule has 1 N–H and O–H groups in total. The zero-order valence-electron chi connectivity index (χ0n) is 11.3. The van der Waals surface area contributed by atoms with E-state index >= 15 is 0 Å². The molecule has 0 heterocycles. The van der Waals surface area contributed by atoms with Crippen molar-refractivity contribution in [3.63, 3.8) is 0 Å². The highest BCUT2D eigenvalue weighted by molar-refractivity contribution is 7.99. The minimum Gasteiger partial charge on any atom is -0.312 e. The molecule has 17 heavy (non-hydrogen) atoms. The Morgan fingerprint density at radius 1 is 1.18 bits per heavy atom. The van der Waals surface area contributed by atoms with Gasteiger partial charge >= 0.3 is 0 Å². The molecule has 0 saturated heterocycles. The zero-order valence-corrected chi connectivity index (χ0v) is 12.1. The first-order valence-corrected chi connectivity index (χ1v) is 7.72. The van der Waals surface area contributed by atoms with Crippen molar-refractivity contribution in [1.29, 1.82) is 0 Å². The van der Waals surface area contributed by atoms with Crippen molar-refractivity contribution >= 4 is 11.8 Å². The quantitative estimate of drug-likeness (QED) is 0.693. The highest BCUT2D eigenvalue weighted by atomic mass is 32.2. The summed E-state index contributed by atoms with van der Waals surface area (Å²) >= 11 is 2.11. The number of nitrogens with one attached hydrogen (secondary N) is 1. The fourth-order valence-electron chi connectivity index (χ4n) is 2.06. The lowest BCUT2D eigenvalue weighted by atomic mass is 10.0. The second-order valence-electron chi connectivity index (χ2n) is 4.35. The first-order valence-electron chi connectivity index (χ1n) is 6.67. The van der Waals surface area contributed by atoms with Gasteiger partial charge in [0.1, 0.15) is 0 Å². The molecule has 2 atom stereocenters. The zero-order chi connectivity index (χ0) is 12.5. The van der Waals surface area contributed by atoms with Gasteiger partial charge in [0, 0.05) is 11.3 Å². The summed E-state index contributed by atoms with van der Waals surface area (Å²) in [4.78, 5) is 0. The van der Waals surface area contributed by atoms with E-state index in [1.165, 1.54) is 30.6 Å². The molecule has 2 unspecified atom stereocenters. The molecule has 0 saturated carbocycles. The van der Waals surface area contributed by atoms with Crippen LogP contribution in [0, 0.1) is 0 Å². The molecule has 0 fully saturated rings. The maximum Gasteiger partial charge on any atom is 0.0438 e. The van der Waals surface area contributed by atoms with Gasteiger partial charge < -0.3 is 5.32 Å². The Labute approximate surface area is 110 Å². The van der Waals surface area contributed by atoms with Crippen LogP contribution in [0.1, 0.15) is 44.7 Å². The first kappa shape index (κ1) is 14.6. The molecule has 0 amide bonds. The second kappa shape index (κ2) is 8.60. The Balaban J connectivity index is 2.63. The molecular weight excluding hydrogens is 226 g/mol. The summed E-state index contributed by atoms with van der Waals surface area (Å²) in [7, 11) is 2.07. The van der Waals surface area contributed by atoms with Gasteiger partial charge in [0.2, 0.25) is 0 Å². The predicted molar refractivity (Wildman–Crippen MR) is 79.7 cm³/mol. The van der Waals surface area contributed by atoms with Gasteiger partial charge in [-0.1, -0.05) is 50.6 Å². The SMILES string of the molecule is CCCCSC(CC)C(NC)c1ccccc1. The lowest BCUT2D eigenvalue weighted by Gasteiger charge is -2.26. The van der Waals surface area contributed by atoms with Gasteiger partial charge in [-0.15, -0.1) is 0 Å². The van der Waals surface area contributed by atoms with Crippen LogP contribution in [-0.2, 0) is 0 Å².